The average Bonchev–Trinajstić information content (AvgIpc) is 2.52. The zero-order valence-corrected chi connectivity index (χ0v) is 11.9. The van der Waals surface area contributed by atoms with Crippen LogP contribution in [0.5, 0.6) is 5.75 Å². The van der Waals surface area contributed by atoms with Crippen molar-refractivity contribution in [3.05, 3.63) is 69.5 Å². The maximum atomic E-state index is 12.1. The molecule has 0 bridgehead atoms. The fourth-order valence-corrected chi connectivity index (χ4v) is 2.16. The number of carbonyl (C=O) groups is 1. The van der Waals surface area contributed by atoms with Crippen molar-refractivity contribution in [2.24, 2.45) is 0 Å². The van der Waals surface area contributed by atoms with Gasteiger partial charge in [-0.3, -0.25) is 4.79 Å². The summed E-state index contributed by atoms with van der Waals surface area (Å²) < 4.78 is 5.08. The highest BCUT2D eigenvalue weighted by molar-refractivity contribution is 6.30. The summed E-state index contributed by atoms with van der Waals surface area (Å²) in [7, 11) is 0. The van der Waals surface area contributed by atoms with E-state index in [2.05, 4.69) is 5.32 Å². The van der Waals surface area contributed by atoms with Gasteiger partial charge in [-0.2, -0.15) is 0 Å². The Labute approximate surface area is 129 Å². The van der Waals surface area contributed by atoms with E-state index in [1.54, 1.807) is 36.4 Å². The number of nitrogens with one attached hydrogen (secondary N) is 1. The molecule has 0 spiro atoms. The van der Waals surface area contributed by atoms with Crippen molar-refractivity contribution in [3.8, 4) is 5.75 Å². The van der Waals surface area contributed by atoms with Crippen LogP contribution in [-0.2, 0) is 0 Å². The third-order valence-corrected chi connectivity index (χ3v) is 3.38. The van der Waals surface area contributed by atoms with Crippen LogP contribution in [0, 0.1) is 0 Å². The summed E-state index contributed by atoms with van der Waals surface area (Å²) in [5.41, 5.74) is -0.567. The molecule has 6 heteroatoms. The fraction of sp³-hybridized carbons (Fsp3) is 0. The lowest BCUT2D eigenvalue weighted by Crippen LogP contribution is -2.18. The van der Waals surface area contributed by atoms with Crippen LogP contribution in [0.3, 0.4) is 0 Å². The summed E-state index contributed by atoms with van der Waals surface area (Å²) in [6.45, 7) is 0. The molecule has 2 N–H and O–H groups in total. The second-order valence-corrected chi connectivity index (χ2v) is 5.01. The van der Waals surface area contributed by atoms with Crippen LogP contribution in [0.25, 0.3) is 11.0 Å². The Hall–Kier alpha value is -2.79. The van der Waals surface area contributed by atoms with Crippen LogP contribution < -0.4 is 10.9 Å². The highest BCUT2D eigenvalue weighted by Gasteiger charge is 2.16. The van der Waals surface area contributed by atoms with Crippen LogP contribution in [0.4, 0.5) is 5.69 Å². The normalized spacial score (nSPS) is 10.6. The van der Waals surface area contributed by atoms with Gasteiger partial charge in [-0.1, -0.05) is 23.7 Å². The first-order valence-corrected chi connectivity index (χ1v) is 6.76. The van der Waals surface area contributed by atoms with Crippen molar-refractivity contribution in [3.63, 3.8) is 0 Å². The highest BCUT2D eigenvalue weighted by atomic mass is 35.5. The van der Waals surface area contributed by atoms with Crippen molar-refractivity contribution < 1.29 is 14.3 Å². The maximum Gasteiger partial charge on any atom is 0.364 e. The molecule has 22 heavy (non-hydrogen) atoms. The molecule has 3 rings (SSSR count). The lowest BCUT2D eigenvalue weighted by Gasteiger charge is -2.08. The number of carbonyl (C=O) groups excluding carboxylic acids is 1. The largest absolute Gasteiger partial charge is 0.505 e. The monoisotopic (exact) mass is 315 g/mol. The number of anilines is 1. The maximum absolute atomic E-state index is 12.1. The van der Waals surface area contributed by atoms with E-state index in [4.69, 9.17) is 16.0 Å². The Morgan fingerprint density at radius 1 is 1.09 bits per heavy atom. The molecule has 0 saturated carbocycles. The molecule has 0 aliphatic heterocycles. The van der Waals surface area contributed by atoms with Crippen LogP contribution >= 0.6 is 11.6 Å². The van der Waals surface area contributed by atoms with E-state index >= 15 is 0 Å². The predicted molar refractivity (Wildman–Crippen MR) is 83.6 cm³/mol. The molecule has 3 aromatic rings. The van der Waals surface area contributed by atoms with Crippen LogP contribution in [-0.4, -0.2) is 11.0 Å². The van der Waals surface area contributed by atoms with E-state index in [1.807, 2.05) is 0 Å². The van der Waals surface area contributed by atoms with Gasteiger partial charge in [0.1, 0.15) is 5.58 Å². The van der Waals surface area contributed by atoms with Gasteiger partial charge in [-0.25, -0.2) is 4.79 Å². The minimum atomic E-state index is -0.821. The molecule has 5 nitrogen and oxygen atoms in total. The van der Waals surface area contributed by atoms with Crippen molar-refractivity contribution in [2.75, 3.05) is 5.32 Å². The molecule has 0 fully saturated rings. The van der Waals surface area contributed by atoms with E-state index in [0.29, 0.717) is 16.0 Å². The Balaban J connectivity index is 2.02. The SMILES string of the molecule is O=C(Nc1c(O)c2ccccc2oc1=O)c1ccc(Cl)cc1. The van der Waals surface area contributed by atoms with Crippen molar-refractivity contribution in [2.45, 2.75) is 0 Å². The summed E-state index contributed by atoms with van der Waals surface area (Å²) in [4.78, 5) is 24.0. The molecule has 2 aromatic carbocycles. The Morgan fingerprint density at radius 2 is 1.77 bits per heavy atom. The van der Waals surface area contributed by atoms with Crippen LogP contribution in [0.2, 0.25) is 5.02 Å². The number of hydrogen-bond acceptors (Lipinski definition) is 4. The molecule has 0 aliphatic rings. The number of halogens is 1. The Morgan fingerprint density at radius 3 is 2.50 bits per heavy atom. The van der Waals surface area contributed by atoms with Crippen molar-refractivity contribution in [1.29, 1.82) is 0 Å². The number of hydrogen-bond donors (Lipinski definition) is 2. The standard InChI is InChI=1S/C16H10ClNO4/c17-10-7-5-9(6-8-10)15(20)18-13-14(19)11-3-1-2-4-12(11)22-16(13)21/h1-8,19H,(H,18,20). The molecule has 0 unspecified atom stereocenters. The second-order valence-electron chi connectivity index (χ2n) is 4.57. The van der Waals surface area contributed by atoms with Gasteiger partial charge in [0.05, 0.1) is 5.39 Å². The minimum Gasteiger partial charge on any atom is -0.505 e. The molecule has 0 atom stereocenters. The molecule has 0 aliphatic carbocycles. The first kappa shape index (κ1) is 14.2. The second kappa shape index (κ2) is 5.54. The summed E-state index contributed by atoms with van der Waals surface area (Å²) in [5.74, 6) is -0.872. The number of para-hydroxylation sites is 1. The van der Waals surface area contributed by atoms with E-state index in [-0.39, 0.29) is 17.0 Å². The number of benzene rings is 2. The summed E-state index contributed by atoms with van der Waals surface area (Å²) in [6, 6.07) is 12.6. The number of aromatic hydroxyl groups is 1. The topological polar surface area (TPSA) is 79.5 Å². The molecular weight excluding hydrogens is 306 g/mol. The van der Waals surface area contributed by atoms with Gasteiger partial charge < -0.3 is 14.8 Å². The van der Waals surface area contributed by atoms with Crippen LogP contribution in [0.1, 0.15) is 10.4 Å². The fourth-order valence-electron chi connectivity index (χ4n) is 2.03. The van der Waals surface area contributed by atoms with Gasteiger partial charge in [-0.05, 0) is 36.4 Å². The van der Waals surface area contributed by atoms with E-state index in [9.17, 15) is 14.7 Å². The van der Waals surface area contributed by atoms with Gasteiger partial charge in [0.15, 0.2) is 11.4 Å². The molecule has 110 valence electrons. The van der Waals surface area contributed by atoms with Gasteiger partial charge in [0.2, 0.25) is 0 Å². The molecular formula is C16H10ClNO4. The van der Waals surface area contributed by atoms with Gasteiger partial charge in [0, 0.05) is 10.6 Å². The molecule has 1 heterocycles. The smallest absolute Gasteiger partial charge is 0.364 e. The third kappa shape index (κ3) is 2.54. The minimum absolute atomic E-state index is 0.245. The van der Waals surface area contributed by atoms with Gasteiger partial charge >= 0.3 is 5.63 Å². The van der Waals surface area contributed by atoms with Gasteiger partial charge in [-0.15, -0.1) is 0 Å². The zero-order chi connectivity index (χ0) is 15.7. The zero-order valence-electron chi connectivity index (χ0n) is 11.2. The van der Waals surface area contributed by atoms with Crippen molar-refractivity contribution in [1.82, 2.24) is 0 Å². The number of fused-ring (bicyclic) bond motifs is 1. The average molecular weight is 316 g/mol. The predicted octanol–water partition coefficient (Wildman–Crippen LogP) is 3.40. The first-order valence-electron chi connectivity index (χ1n) is 6.38. The Bertz CT molecular complexity index is 916. The highest BCUT2D eigenvalue weighted by Crippen LogP contribution is 2.29. The lowest BCUT2D eigenvalue weighted by molar-refractivity contribution is 0.102. The number of rotatable bonds is 2. The van der Waals surface area contributed by atoms with E-state index in [1.165, 1.54) is 12.1 Å². The summed E-state index contributed by atoms with van der Waals surface area (Å²) in [5, 5.41) is 13.4. The summed E-state index contributed by atoms with van der Waals surface area (Å²) in [6.07, 6.45) is 0. The van der Waals surface area contributed by atoms with Gasteiger partial charge in [0.25, 0.3) is 5.91 Å². The Kier molecular flexibility index (Phi) is 3.56. The summed E-state index contributed by atoms with van der Waals surface area (Å²) >= 11 is 5.76. The number of amides is 1. The quantitative estimate of drug-likeness (QED) is 0.710. The lowest BCUT2D eigenvalue weighted by atomic mass is 10.2. The molecule has 1 aromatic heterocycles. The van der Waals surface area contributed by atoms with E-state index in [0.717, 1.165) is 0 Å². The molecule has 0 radical (unpaired) electrons. The molecule has 0 saturated heterocycles. The van der Waals surface area contributed by atoms with Crippen LogP contribution in [0.15, 0.2) is 57.7 Å². The van der Waals surface area contributed by atoms with Crippen molar-refractivity contribution >= 4 is 34.2 Å². The molecule has 1 amide bonds. The third-order valence-electron chi connectivity index (χ3n) is 3.13. The van der Waals surface area contributed by atoms with E-state index < -0.39 is 11.5 Å². The first-order chi connectivity index (χ1) is 10.6.